The molecule has 3 atom stereocenters. The Morgan fingerprint density at radius 1 is 1.14 bits per heavy atom. The molecule has 0 aromatic carbocycles. The van der Waals surface area contributed by atoms with Gasteiger partial charge in [0.1, 0.15) is 5.60 Å². The van der Waals surface area contributed by atoms with E-state index in [9.17, 15) is 23.1 Å². The molecule has 3 unspecified atom stereocenters. The van der Waals surface area contributed by atoms with Gasteiger partial charge in [-0.25, -0.2) is 4.79 Å². The third-order valence-corrected chi connectivity index (χ3v) is 6.98. The summed E-state index contributed by atoms with van der Waals surface area (Å²) in [7, 11) is 0. The Morgan fingerprint density at radius 3 is 2.21 bits per heavy atom. The van der Waals surface area contributed by atoms with Gasteiger partial charge in [-0.15, -0.1) is 0 Å². The van der Waals surface area contributed by atoms with E-state index in [1.165, 1.54) is 13.8 Å². The first kappa shape index (κ1) is 20.2. The predicted molar refractivity (Wildman–Crippen MR) is 91.8 cm³/mol. The summed E-state index contributed by atoms with van der Waals surface area (Å²) in [6.45, 7) is 8.03. The summed E-state index contributed by atoms with van der Waals surface area (Å²) in [5.74, 6) is -5.52. The topological polar surface area (TPSA) is 65.0 Å². The lowest BCUT2D eigenvalue weighted by molar-refractivity contribution is -0.493. The van der Waals surface area contributed by atoms with Crippen molar-refractivity contribution in [3.63, 3.8) is 0 Å². The van der Waals surface area contributed by atoms with Gasteiger partial charge in [0.05, 0.1) is 5.60 Å². The maximum Gasteiger partial charge on any atom is 0.443 e. The molecule has 0 radical (unpaired) electrons. The highest BCUT2D eigenvalue weighted by molar-refractivity contribution is 5.87. The normalized spacial score (nSPS) is 46.6. The molecule has 5 rings (SSSR count). The number of alkyl halides is 3. The van der Waals surface area contributed by atoms with E-state index < -0.39 is 41.3 Å². The quantitative estimate of drug-likeness (QED) is 0.560. The van der Waals surface area contributed by atoms with Gasteiger partial charge in [0.15, 0.2) is 5.79 Å². The third kappa shape index (κ3) is 2.91. The van der Waals surface area contributed by atoms with Crippen LogP contribution in [0.3, 0.4) is 0 Å². The molecule has 1 heterocycles. The molecule has 158 valence electrons. The second kappa shape index (κ2) is 5.73. The minimum Gasteiger partial charge on any atom is -0.456 e. The molecule has 4 aliphatic carbocycles. The van der Waals surface area contributed by atoms with Gasteiger partial charge in [-0.3, -0.25) is 0 Å². The molecule has 1 N–H and O–H groups in total. The first-order valence-electron chi connectivity index (χ1n) is 9.78. The molecule has 28 heavy (non-hydrogen) atoms. The molecule has 1 aliphatic heterocycles. The summed E-state index contributed by atoms with van der Waals surface area (Å²) in [6.07, 6.45) is -2.59. The highest BCUT2D eigenvalue weighted by Gasteiger charge is 2.73. The van der Waals surface area contributed by atoms with Crippen LogP contribution in [0.25, 0.3) is 0 Å². The van der Waals surface area contributed by atoms with E-state index in [1.54, 1.807) is 6.92 Å². The lowest BCUT2D eigenvalue weighted by Crippen LogP contribution is -2.73. The molecular formula is C20H27F3O5. The molecule has 5 nitrogen and oxygen atoms in total. The van der Waals surface area contributed by atoms with Crippen molar-refractivity contribution in [2.45, 2.75) is 88.2 Å². The van der Waals surface area contributed by atoms with Gasteiger partial charge in [0.25, 0.3) is 5.79 Å². The standard InChI is InChI=1S/C20H27F3O5/c1-11(2)15(24)26-17-7-12-5-13(8-17)18(14(6-12)9-17)10-19(25,20(21,22)23)28-16(3,4)27-18/h12-14,25H,1,5-10H2,2-4H3. The van der Waals surface area contributed by atoms with Gasteiger partial charge in [-0.2, -0.15) is 13.2 Å². The zero-order chi connectivity index (χ0) is 20.8. The zero-order valence-corrected chi connectivity index (χ0v) is 16.4. The zero-order valence-electron chi connectivity index (χ0n) is 16.4. The first-order valence-corrected chi connectivity index (χ1v) is 9.78. The van der Waals surface area contributed by atoms with Crippen LogP contribution in [0, 0.1) is 17.8 Å². The maximum absolute atomic E-state index is 13.7. The van der Waals surface area contributed by atoms with Crippen LogP contribution in [0.2, 0.25) is 0 Å². The van der Waals surface area contributed by atoms with Gasteiger partial charge in [-0.1, -0.05) is 6.58 Å². The Hall–Kier alpha value is -1.12. The van der Waals surface area contributed by atoms with Crippen LogP contribution < -0.4 is 0 Å². The second-order valence-electron chi connectivity index (χ2n) is 9.71. The average molecular weight is 404 g/mol. The van der Waals surface area contributed by atoms with E-state index in [2.05, 4.69) is 6.58 Å². The molecule has 4 bridgehead atoms. The Bertz CT molecular complexity index is 699. The average Bonchev–Trinajstić information content (AvgIpc) is 2.48. The number of ether oxygens (including phenoxy) is 3. The lowest BCUT2D eigenvalue weighted by atomic mass is 9.46. The number of rotatable bonds is 2. The Kier molecular flexibility index (Phi) is 4.13. The molecule has 0 aromatic heterocycles. The van der Waals surface area contributed by atoms with Crippen LogP contribution in [0.15, 0.2) is 12.2 Å². The van der Waals surface area contributed by atoms with E-state index in [0.717, 1.165) is 6.42 Å². The summed E-state index contributed by atoms with van der Waals surface area (Å²) < 4.78 is 58.1. The number of halogens is 3. The van der Waals surface area contributed by atoms with Gasteiger partial charge in [-0.05, 0) is 70.6 Å². The number of hydrogen-bond donors (Lipinski definition) is 1. The number of carbonyl (C=O) groups is 1. The molecule has 5 fully saturated rings. The highest BCUT2D eigenvalue weighted by atomic mass is 19.4. The van der Waals surface area contributed by atoms with Crippen molar-refractivity contribution in [1.29, 1.82) is 0 Å². The summed E-state index contributed by atoms with van der Waals surface area (Å²) in [5, 5.41) is 10.5. The van der Waals surface area contributed by atoms with E-state index in [0.29, 0.717) is 31.3 Å². The SMILES string of the molecule is C=C(C)C(=O)OC12CC3CC(C1)C1(CC(O)(C(F)(F)F)OC(C)(C)O1)C(C3)C2. The summed E-state index contributed by atoms with van der Waals surface area (Å²) >= 11 is 0. The van der Waals surface area contributed by atoms with E-state index >= 15 is 0 Å². The molecule has 1 spiro atoms. The number of hydrogen-bond acceptors (Lipinski definition) is 5. The van der Waals surface area contributed by atoms with Crippen LogP contribution >= 0.6 is 0 Å². The molecule has 5 aliphatic rings. The largest absolute Gasteiger partial charge is 0.456 e. The van der Waals surface area contributed by atoms with Crippen molar-refractivity contribution < 1.29 is 37.3 Å². The van der Waals surface area contributed by atoms with Crippen molar-refractivity contribution in [3.8, 4) is 0 Å². The Labute approximate surface area is 162 Å². The summed E-state index contributed by atoms with van der Waals surface area (Å²) in [5.41, 5.74) is -1.53. The van der Waals surface area contributed by atoms with Crippen LogP contribution in [-0.4, -0.2) is 40.0 Å². The monoisotopic (exact) mass is 404 g/mol. The molecule has 4 saturated carbocycles. The predicted octanol–water partition coefficient (Wildman–Crippen LogP) is 3.85. The minimum atomic E-state index is -4.93. The Balaban J connectivity index is 1.69. The van der Waals surface area contributed by atoms with E-state index in [1.807, 2.05) is 0 Å². The second-order valence-corrected chi connectivity index (χ2v) is 9.71. The fraction of sp³-hybridized carbons (Fsp3) is 0.850. The van der Waals surface area contributed by atoms with Gasteiger partial charge < -0.3 is 19.3 Å². The van der Waals surface area contributed by atoms with Crippen LogP contribution in [0.1, 0.15) is 59.3 Å². The molecule has 8 heteroatoms. The smallest absolute Gasteiger partial charge is 0.443 e. The van der Waals surface area contributed by atoms with Gasteiger partial charge in [0, 0.05) is 12.0 Å². The number of esters is 1. The highest BCUT2D eigenvalue weighted by Crippen LogP contribution is 2.66. The van der Waals surface area contributed by atoms with Crippen molar-refractivity contribution in [3.05, 3.63) is 12.2 Å². The summed E-state index contributed by atoms with van der Waals surface area (Å²) in [4.78, 5) is 12.2. The first-order chi connectivity index (χ1) is 12.7. The third-order valence-electron chi connectivity index (χ3n) is 6.98. The lowest BCUT2D eigenvalue weighted by Gasteiger charge is -2.67. The summed E-state index contributed by atoms with van der Waals surface area (Å²) in [6, 6.07) is 0. The van der Waals surface area contributed by atoms with Crippen molar-refractivity contribution in [2.75, 3.05) is 0 Å². The molecule has 1 saturated heterocycles. The van der Waals surface area contributed by atoms with Crippen molar-refractivity contribution in [2.24, 2.45) is 17.8 Å². The molecule has 0 amide bonds. The fourth-order valence-electron chi connectivity index (χ4n) is 6.34. The number of aliphatic hydroxyl groups is 1. The van der Waals surface area contributed by atoms with Gasteiger partial charge >= 0.3 is 12.1 Å². The molecule has 0 aromatic rings. The van der Waals surface area contributed by atoms with Crippen LogP contribution in [-0.2, 0) is 19.0 Å². The van der Waals surface area contributed by atoms with E-state index in [-0.39, 0.29) is 17.8 Å². The van der Waals surface area contributed by atoms with Gasteiger partial charge in [0.2, 0.25) is 0 Å². The van der Waals surface area contributed by atoms with Crippen molar-refractivity contribution in [1.82, 2.24) is 0 Å². The maximum atomic E-state index is 13.7. The number of carbonyl (C=O) groups excluding carboxylic acids is 1. The fourth-order valence-corrected chi connectivity index (χ4v) is 6.34. The van der Waals surface area contributed by atoms with Crippen LogP contribution in [0.5, 0.6) is 0 Å². The van der Waals surface area contributed by atoms with E-state index in [4.69, 9.17) is 14.2 Å². The minimum absolute atomic E-state index is 0.242. The molecular weight excluding hydrogens is 377 g/mol. The van der Waals surface area contributed by atoms with Crippen LogP contribution in [0.4, 0.5) is 13.2 Å². The Morgan fingerprint density at radius 2 is 1.71 bits per heavy atom. The van der Waals surface area contributed by atoms with Crippen molar-refractivity contribution >= 4 is 5.97 Å².